The number of rotatable bonds is 3. The van der Waals surface area contributed by atoms with Crippen LogP contribution >= 0.6 is 0 Å². The van der Waals surface area contributed by atoms with E-state index in [0.717, 1.165) is 37.7 Å². The highest BCUT2D eigenvalue weighted by molar-refractivity contribution is 5.15. The van der Waals surface area contributed by atoms with Gasteiger partial charge in [0.15, 0.2) is 0 Å². The van der Waals surface area contributed by atoms with Crippen molar-refractivity contribution in [3.8, 4) is 0 Å². The van der Waals surface area contributed by atoms with Gasteiger partial charge in [-0.05, 0) is 24.5 Å². The van der Waals surface area contributed by atoms with Gasteiger partial charge in [-0.2, -0.15) is 13.2 Å². The predicted molar refractivity (Wildman–Crippen MR) is 59.9 cm³/mol. The topological polar surface area (TPSA) is 34.1 Å². The van der Waals surface area contributed by atoms with Crippen LogP contribution in [0.25, 0.3) is 0 Å². The highest BCUT2D eigenvalue weighted by Gasteiger charge is 2.31. The fourth-order valence-electron chi connectivity index (χ4n) is 1.86. The van der Waals surface area contributed by atoms with E-state index in [1.54, 1.807) is 0 Å². The van der Waals surface area contributed by atoms with E-state index in [1.807, 2.05) is 0 Å². The molecule has 0 amide bonds. The normalized spacial score (nSPS) is 17.9. The van der Waals surface area contributed by atoms with Crippen molar-refractivity contribution < 1.29 is 17.9 Å². The van der Waals surface area contributed by atoms with E-state index in [9.17, 15) is 13.2 Å². The van der Waals surface area contributed by atoms with Gasteiger partial charge in [0.05, 0.1) is 0 Å². The Labute approximate surface area is 103 Å². The molecule has 100 valence electrons. The van der Waals surface area contributed by atoms with Crippen molar-refractivity contribution in [1.82, 2.24) is 10.3 Å². The van der Waals surface area contributed by atoms with Gasteiger partial charge >= 0.3 is 6.18 Å². The zero-order valence-corrected chi connectivity index (χ0v) is 9.83. The summed E-state index contributed by atoms with van der Waals surface area (Å²) < 4.78 is 42.1. The summed E-state index contributed by atoms with van der Waals surface area (Å²) in [4.78, 5) is 3.42. The van der Waals surface area contributed by atoms with Crippen molar-refractivity contribution in [3.05, 3.63) is 29.6 Å². The van der Waals surface area contributed by atoms with Crippen LogP contribution in [-0.4, -0.2) is 24.2 Å². The highest BCUT2D eigenvalue weighted by atomic mass is 19.4. The Morgan fingerprint density at radius 2 is 2.00 bits per heavy atom. The fraction of sp³-hybridized carbons (Fsp3) is 0.583. The Hall–Kier alpha value is -1.14. The van der Waals surface area contributed by atoms with Crippen LogP contribution in [0.4, 0.5) is 13.2 Å². The Morgan fingerprint density at radius 1 is 1.28 bits per heavy atom. The average molecular weight is 260 g/mol. The lowest BCUT2D eigenvalue weighted by Gasteiger charge is -2.23. The Morgan fingerprint density at radius 3 is 2.56 bits per heavy atom. The molecular weight excluding hydrogens is 245 g/mol. The van der Waals surface area contributed by atoms with Crippen LogP contribution in [0.2, 0.25) is 0 Å². The van der Waals surface area contributed by atoms with Gasteiger partial charge in [0.1, 0.15) is 5.69 Å². The third-order valence-corrected chi connectivity index (χ3v) is 2.93. The van der Waals surface area contributed by atoms with Crippen molar-refractivity contribution in [2.24, 2.45) is 0 Å². The van der Waals surface area contributed by atoms with Crippen molar-refractivity contribution in [2.75, 3.05) is 13.2 Å². The third-order valence-electron chi connectivity index (χ3n) is 2.93. The molecule has 1 aromatic heterocycles. The van der Waals surface area contributed by atoms with Crippen LogP contribution in [-0.2, 0) is 17.5 Å². The molecule has 1 fully saturated rings. The molecule has 1 N–H and O–H groups in total. The maximum atomic E-state index is 12.3. The molecule has 0 bridgehead atoms. The number of hydrogen-bond donors (Lipinski definition) is 1. The second-order valence-corrected chi connectivity index (χ2v) is 4.32. The number of nitrogens with zero attached hydrogens (tertiary/aromatic N) is 1. The molecule has 18 heavy (non-hydrogen) atoms. The molecular formula is C12H15F3N2O. The standard InChI is InChI=1S/C12H15F3N2O/c13-12(14,15)11-2-1-9(8-17-11)7-16-10-3-5-18-6-4-10/h1-2,8,10,16H,3-7H2. The van der Waals surface area contributed by atoms with E-state index in [1.165, 1.54) is 12.3 Å². The minimum Gasteiger partial charge on any atom is -0.381 e. The fourth-order valence-corrected chi connectivity index (χ4v) is 1.86. The second-order valence-electron chi connectivity index (χ2n) is 4.32. The molecule has 0 atom stereocenters. The third kappa shape index (κ3) is 3.68. The van der Waals surface area contributed by atoms with E-state index >= 15 is 0 Å². The molecule has 1 saturated heterocycles. The molecule has 0 spiro atoms. The van der Waals surface area contributed by atoms with Crippen LogP contribution < -0.4 is 5.32 Å². The molecule has 1 aliphatic rings. The van der Waals surface area contributed by atoms with Gasteiger partial charge in [0, 0.05) is 32.0 Å². The first kappa shape index (κ1) is 13.3. The first-order valence-corrected chi connectivity index (χ1v) is 5.89. The first-order valence-electron chi connectivity index (χ1n) is 5.89. The van der Waals surface area contributed by atoms with Crippen LogP contribution in [0.1, 0.15) is 24.1 Å². The molecule has 0 radical (unpaired) electrons. The molecule has 6 heteroatoms. The molecule has 2 heterocycles. The van der Waals surface area contributed by atoms with Gasteiger partial charge in [-0.3, -0.25) is 4.98 Å². The smallest absolute Gasteiger partial charge is 0.381 e. The van der Waals surface area contributed by atoms with Gasteiger partial charge in [-0.15, -0.1) is 0 Å². The monoisotopic (exact) mass is 260 g/mol. The van der Waals surface area contributed by atoms with E-state index in [-0.39, 0.29) is 0 Å². The molecule has 0 aliphatic carbocycles. The van der Waals surface area contributed by atoms with Gasteiger partial charge in [0.25, 0.3) is 0 Å². The summed E-state index contributed by atoms with van der Waals surface area (Å²) in [5, 5.41) is 3.29. The summed E-state index contributed by atoms with van der Waals surface area (Å²) in [5.41, 5.74) is -0.0909. The molecule has 0 aromatic carbocycles. The predicted octanol–water partition coefficient (Wildman–Crippen LogP) is 2.37. The Bertz CT molecular complexity index is 372. The van der Waals surface area contributed by atoms with Crippen molar-refractivity contribution in [2.45, 2.75) is 31.6 Å². The maximum Gasteiger partial charge on any atom is 0.433 e. The highest BCUT2D eigenvalue weighted by Crippen LogP contribution is 2.27. The molecule has 0 unspecified atom stereocenters. The molecule has 3 nitrogen and oxygen atoms in total. The number of pyridine rings is 1. The number of aromatic nitrogens is 1. The van der Waals surface area contributed by atoms with E-state index < -0.39 is 11.9 Å². The number of alkyl halides is 3. The second kappa shape index (κ2) is 5.67. The lowest BCUT2D eigenvalue weighted by Crippen LogP contribution is -2.34. The Kier molecular flexibility index (Phi) is 4.19. The summed E-state index contributed by atoms with van der Waals surface area (Å²) in [5.74, 6) is 0. The van der Waals surface area contributed by atoms with Crippen LogP contribution in [0, 0.1) is 0 Å². The Balaban J connectivity index is 1.86. The van der Waals surface area contributed by atoms with Crippen molar-refractivity contribution in [3.63, 3.8) is 0 Å². The van der Waals surface area contributed by atoms with Gasteiger partial charge in [-0.1, -0.05) is 6.07 Å². The zero-order chi connectivity index (χ0) is 13.0. The van der Waals surface area contributed by atoms with Gasteiger partial charge in [0.2, 0.25) is 0 Å². The summed E-state index contributed by atoms with van der Waals surface area (Å²) in [6.45, 7) is 2.02. The molecule has 1 aromatic rings. The average Bonchev–Trinajstić information content (AvgIpc) is 2.37. The first-order chi connectivity index (χ1) is 8.55. The minimum atomic E-state index is -4.37. The number of ether oxygens (including phenoxy) is 1. The number of hydrogen-bond acceptors (Lipinski definition) is 3. The SMILES string of the molecule is FC(F)(F)c1ccc(CNC2CCOCC2)cn1. The molecule has 2 rings (SSSR count). The lowest BCUT2D eigenvalue weighted by molar-refractivity contribution is -0.141. The van der Waals surface area contributed by atoms with E-state index in [4.69, 9.17) is 4.74 Å². The molecule has 1 aliphatic heterocycles. The van der Waals surface area contributed by atoms with Crippen LogP contribution in [0.5, 0.6) is 0 Å². The maximum absolute atomic E-state index is 12.3. The number of halogens is 3. The number of nitrogens with one attached hydrogen (secondary N) is 1. The summed E-state index contributed by atoms with van der Waals surface area (Å²) in [6, 6.07) is 2.85. The van der Waals surface area contributed by atoms with Gasteiger partial charge in [-0.25, -0.2) is 0 Å². The largest absolute Gasteiger partial charge is 0.433 e. The van der Waals surface area contributed by atoms with E-state index in [2.05, 4.69) is 10.3 Å². The van der Waals surface area contributed by atoms with Crippen molar-refractivity contribution in [1.29, 1.82) is 0 Å². The minimum absolute atomic E-state index is 0.376. The quantitative estimate of drug-likeness (QED) is 0.906. The van der Waals surface area contributed by atoms with E-state index in [0.29, 0.717) is 12.6 Å². The summed E-state index contributed by atoms with van der Waals surface area (Å²) in [7, 11) is 0. The lowest BCUT2D eigenvalue weighted by atomic mass is 10.1. The van der Waals surface area contributed by atoms with Crippen LogP contribution in [0.15, 0.2) is 18.3 Å². The summed E-state index contributed by atoms with van der Waals surface area (Å²) in [6.07, 6.45) is -1.22. The van der Waals surface area contributed by atoms with Gasteiger partial charge < -0.3 is 10.1 Å². The van der Waals surface area contributed by atoms with Crippen molar-refractivity contribution >= 4 is 0 Å². The zero-order valence-electron chi connectivity index (χ0n) is 9.83. The summed E-state index contributed by atoms with van der Waals surface area (Å²) >= 11 is 0. The molecule has 0 saturated carbocycles. The van der Waals surface area contributed by atoms with Crippen LogP contribution in [0.3, 0.4) is 0 Å².